The summed E-state index contributed by atoms with van der Waals surface area (Å²) >= 11 is 7.32. The van der Waals surface area contributed by atoms with Crippen molar-refractivity contribution >= 4 is 28.6 Å². The second-order valence-electron chi connectivity index (χ2n) is 3.91. The van der Waals surface area contributed by atoms with Crippen molar-refractivity contribution in [3.05, 3.63) is 58.3 Å². The van der Waals surface area contributed by atoms with Crippen molar-refractivity contribution in [3.63, 3.8) is 0 Å². The Hall–Kier alpha value is -1.85. The molecule has 6 heteroatoms. The summed E-state index contributed by atoms with van der Waals surface area (Å²) in [5.74, 6) is 0. The number of thiazole rings is 1. The molecule has 0 atom stereocenters. The van der Waals surface area contributed by atoms with E-state index in [1.165, 1.54) is 11.3 Å². The summed E-state index contributed by atoms with van der Waals surface area (Å²) in [4.78, 5) is 4.20. The van der Waals surface area contributed by atoms with E-state index < -0.39 is 0 Å². The number of halogens is 1. The second kappa shape index (κ2) is 5.42. The molecule has 0 radical (unpaired) electrons. The van der Waals surface area contributed by atoms with E-state index in [1.807, 2.05) is 41.2 Å². The molecule has 0 aliphatic rings. The normalized spacial score (nSPS) is 10.6. The van der Waals surface area contributed by atoms with Crippen LogP contribution in [0.3, 0.4) is 0 Å². The zero-order valence-electron chi connectivity index (χ0n) is 9.95. The van der Waals surface area contributed by atoms with Crippen LogP contribution in [-0.2, 0) is 6.54 Å². The smallest absolute Gasteiger partial charge is 0.113 e. The lowest BCUT2D eigenvalue weighted by Gasteiger charge is -2.06. The monoisotopic (exact) mass is 290 g/mol. The maximum atomic E-state index is 5.84. The van der Waals surface area contributed by atoms with Crippen LogP contribution in [0.2, 0.25) is 4.34 Å². The minimum atomic E-state index is 0.679. The van der Waals surface area contributed by atoms with Crippen LogP contribution in [0.4, 0.5) is 5.69 Å². The van der Waals surface area contributed by atoms with E-state index in [4.69, 9.17) is 11.6 Å². The average Bonchev–Trinajstić information content (AvgIpc) is 3.08. The lowest BCUT2D eigenvalue weighted by atomic mass is 10.3. The Labute approximate surface area is 119 Å². The Bertz CT molecular complexity index is 646. The van der Waals surface area contributed by atoms with Gasteiger partial charge in [-0.1, -0.05) is 11.6 Å². The summed E-state index contributed by atoms with van der Waals surface area (Å²) in [5.41, 5.74) is 2.08. The first-order valence-corrected chi connectivity index (χ1v) is 6.95. The summed E-state index contributed by atoms with van der Waals surface area (Å²) in [6.07, 6.45) is 5.35. The maximum Gasteiger partial charge on any atom is 0.113 e. The summed E-state index contributed by atoms with van der Waals surface area (Å²) in [7, 11) is 0. The van der Waals surface area contributed by atoms with Gasteiger partial charge in [-0.05, 0) is 30.3 Å². The van der Waals surface area contributed by atoms with Gasteiger partial charge in [0.1, 0.15) is 9.34 Å². The first-order valence-electron chi connectivity index (χ1n) is 5.75. The fraction of sp³-hybridized carbons (Fsp3) is 0.0769. The molecule has 0 bridgehead atoms. The quantitative estimate of drug-likeness (QED) is 0.798. The molecule has 0 fully saturated rings. The number of rotatable bonds is 4. The number of nitrogens with one attached hydrogen (secondary N) is 1. The van der Waals surface area contributed by atoms with Crippen molar-refractivity contribution in [2.45, 2.75) is 6.54 Å². The van der Waals surface area contributed by atoms with Crippen molar-refractivity contribution < 1.29 is 0 Å². The third-order valence-electron chi connectivity index (χ3n) is 2.61. The zero-order chi connectivity index (χ0) is 13.1. The average molecular weight is 291 g/mol. The number of nitrogens with zero attached hydrogens (tertiary/aromatic N) is 3. The summed E-state index contributed by atoms with van der Waals surface area (Å²) in [6.45, 7) is 0.679. The topological polar surface area (TPSA) is 42.7 Å². The highest BCUT2D eigenvalue weighted by Gasteiger charge is 2.00. The van der Waals surface area contributed by atoms with Gasteiger partial charge >= 0.3 is 0 Å². The van der Waals surface area contributed by atoms with E-state index in [-0.39, 0.29) is 0 Å². The lowest BCUT2D eigenvalue weighted by molar-refractivity contribution is 0.880. The Kier molecular flexibility index (Phi) is 3.48. The van der Waals surface area contributed by atoms with Gasteiger partial charge in [-0.3, -0.25) is 0 Å². The Morgan fingerprint density at radius 3 is 2.74 bits per heavy atom. The molecule has 0 aliphatic heterocycles. The van der Waals surface area contributed by atoms with Gasteiger partial charge in [0.2, 0.25) is 0 Å². The lowest BCUT2D eigenvalue weighted by Crippen LogP contribution is -1.99. The van der Waals surface area contributed by atoms with E-state index in [2.05, 4.69) is 15.4 Å². The van der Waals surface area contributed by atoms with Crippen molar-refractivity contribution in [1.29, 1.82) is 0 Å². The fourth-order valence-electron chi connectivity index (χ4n) is 1.70. The molecule has 4 nitrogen and oxygen atoms in total. The highest BCUT2D eigenvalue weighted by atomic mass is 35.5. The number of hydrogen-bond donors (Lipinski definition) is 1. The second-order valence-corrected chi connectivity index (χ2v) is 5.66. The van der Waals surface area contributed by atoms with Crippen LogP contribution >= 0.6 is 22.9 Å². The van der Waals surface area contributed by atoms with Crippen LogP contribution in [0.5, 0.6) is 0 Å². The minimum absolute atomic E-state index is 0.679. The predicted octanol–water partition coefficient (Wildman–Crippen LogP) is 3.59. The fourth-order valence-corrected chi connectivity index (χ4v) is 2.60. The highest BCUT2D eigenvalue weighted by Crippen LogP contribution is 2.19. The molecule has 0 amide bonds. The molecule has 19 heavy (non-hydrogen) atoms. The van der Waals surface area contributed by atoms with Crippen molar-refractivity contribution in [3.8, 4) is 5.69 Å². The summed E-state index contributed by atoms with van der Waals surface area (Å²) in [6, 6.07) is 9.98. The molecule has 0 unspecified atom stereocenters. The molecular formula is C13H11ClN4S. The summed E-state index contributed by atoms with van der Waals surface area (Å²) < 4.78 is 2.54. The van der Waals surface area contributed by atoms with Gasteiger partial charge in [-0.25, -0.2) is 9.67 Å². The van der Waals surface area contributed by atoms with Crippen LogP contribution in [0.1, 0.15) is 5.01 Å². The third kappa shape index (κ3) is 2.94. The van der Waals surface area contributed by atoms with E-state index in [1.54, 1.807) is 12.4 Å². The molecule has 3 aromatic rings. The highest BCUT2D eigenvalue weighted by molar-refractivity contribution is 7.15. The third-order valence-corrected chi connectivity index (χ3v) is 3.72. The first-order chi connectivity index (χ1) is 9.31. The van der Waals surface area contributed by atoms with Gasteiger partial charge in [-0.2, -0.15) is 5.10 Å². The van der Waals surface area contributed by atoms with Crippen molar-refractivity contribution in [2.75, 3.05) is 5.32 Å². The van der Waals surface area contributed by atoms with Crippen LogP contribution in [0.25, 0.3) is 5.69 Å². The molecule has 2 heterocycles. The molecular weight excluding hydrogens is 280 g/mol. The maximum absolute atomic E-state index is 5.84. The Morgan fingerprint density at radius 1 is 1.26 bits per heavy atom. The molecule has 0 saturated carbocycles. The molecule has 96 valence electrons. The van der Waals surface area contributed by atoms with Gasteiger partial charge in [0.25, 0.3) is 0 Å². The SMILES string of the molecule is Clc1cnc(CNc2ccc(-n3cccn3)cc2)s1. The van der Waals surface area contributed by atoms with E-state index in [0.29, 0.717) is 10.9 Å². The number of aromatic nitrogens is 3. The van der Waals surface area contributed by atoms with E-state index in [9.17, 15) is 0 Å². The number of anilines is 1. The number of hydrogen-bond acceptors (Lipinski definition) is 4. The molecule has 0 spiro atoms. The Balaban J connectivity index is 1.66. The first kappa shape index (κ1) is 12.2. The number of benzene rings is 1. The van der Waals surface area contributed by atoms with Gasteiger partial charge in [0.05, 0.1) is 18.4 Å². The van der Waals surface area contributed by atoms with Crippen LogP contribution < -0.4 is 5.32 Å². The molecule has 2 aromatic heterocycles. The molecule has 3 rings (SSSR count). The van der Waals surface area contributed by atoms with Gasteiger partial charge in [0.15, 0.2) is 0 Å². The largest absolute Gasteiger partial charge is 0.379 e. The van der Waals surface area contributed by atoms with Crippen molar-refractivity contribution in [2.24, 2.45) is 0 Å². The van der Waals surface area contributed by atoms with Crippen LogP contribution in [-0.4, -0.2) is 14.8 Å². The van der Waals surface area contributed by atoms with Crippen molar-refractivity contribution in [1.82, 2.24) is 14.8 Å². The molecule has 1 aromatic carbocycles. The predicted molar refractivity (Wildman–Crippen MR) is 78.0 cm³/mol. The molecule has 0 aliphatic carbocycles. The molecule has 0 saturated heterocycles. The standard InChI is InChI=1S/C13H11ClN4S/c14-12-8-16-13(19-12)9-15-10-2-4-11(5-3-10)18-7-1-6-17-18/h1-8,15H,9H2. The summed E-state index contributed by atoms with van der Waals surface area (Å²) in [5, 5.41) is 8.47. The van der Waals surface area contributed by atoms with E-state index >= 15 is 0 Å². The van der Waals surface area contributed by atoms with Crippen LogP contribution in [0, 0.1) is 0 Å². The van der Waals surface area contributed by atoms with Crippen LogP contribution in [0.15, 0.2) is 48.9 Å². The minimum Gasteiger partial charge on any atom is -0.379 e. The molecule has 1 N–H and O–H groups in total. The van der Waals surface area contributed by atoms with Gasteiger partial charge < -0.3 is 5.32 Å². The van der Waals surface area contributed by atoms with E-state index in [0.717, 1.165) is 16.4 Å². The Morgan fingerprint density at radius 2 is 2.11 bits per heavy atom. The van der Waals surface area contributed by atoms with Gasteiger partial charge in [-0.15, -0.1) is 11.3 Å². The zero-order valence-corrected chi connectivity index (χ0v) is 11.5. The van der Waals surface area contributed by atoms with Gasteiger partial charge in [0, 0.05) is 18.1 Å².